The minimum Gasteiger partial charge on any atom is -0.374 e. The second kappa shape index (κ2) is 10.3. The van der Waals surface area contributed by atoms with Gasteiger partial charge in [0.15, 0.2) is 0 Å². The summed E-state index contributed by atoms with van der Waals surface area (Å²) in [4.78, 5) is 0. The minimum atomic E-state index is 0.509. The third-order valence-corrected chi connectivity index (χ3v) is 5.76. The number of allylic oxidation sites excluding steroid dienone is 2. The molecule has 0 aliphatic heterocycles. The average Bonchev–Trinajstić information content (AvgIpc) is 2.58. The Bertz CT molecular complexity index is 317. The van der Waals surface area contributed by atoms with E-state index in [1.54, 1.807) is 0 Å². The van der Waals surface area contributed by atoms with Crippen LogP contribution in [0.2, 0.25) is 0 Å². The maximum absolute atomic E-state index is 5.79. The number of hydrogen-bond donors (Lipinski definition) is 0. The predicted molar refractivity (Wildman–Crippen MR) is 96.0 cm³/mol. The molecule has 0 amide bonds. The van der Waals surface area contributed by atoms with Gasteiger partial charge in [-0.1, -0.05) is 38.0 Å². The third kappa shape index (κ3) is 6.28. The molecule has 0 aromatic rings. The van der Waals surface area contributed by atoms with Gasteiger partial charge in [0.05, 0.1) is 12.7 Å². The summed E-state index contributed by atoms with van der Waals surface area (Å²) >= 11 is 0. The Kier molecular flexibility index (Phi) is 8.30. The predicted octanol–water partition coefficient (Wildman–Crippen LogP) is 6.30. The van der Waals surface area contributed by atoms with E-state index >= 15 is 0 Å². The van der Waals surface area contributed by atoms with Crippen molar-refractivity contribution in [3.63, 3.8) is 0 Å². The maximum atomic E-state index is 5.79. The Hall–Kier alpha value is -0.560. The molecular formula is C21H36O. The van der Waals surface area contributed by atoms with E-state index in [0.29, 0.717) is 6.10 Å². The summed E-state index contributed by atoms with van der Waals surface area (Å²) < 4.78 is 5.79. The summed E-state index contributed by atoms with van der Waals surface area (Å²) in [5.41, 5.74) is 0. The second-order valence-electron chi connectivity index (χ2n) is 7.46. The standard InChI is InChI=1S/C21H36O/c1-3-5-6-18-7-9-19(10-8-18)11-12-20-13-15-21(16-14-20)22-17-4-2/h4-6,18-21H,2-3,7-17H2,1H3/b6-5+. The molecule has 2 aliphatic rings. The molecule has 0 spiro atoms. The maximum Gasteiger partial charge on any atom is 0.0648 e. The molecule has 1 heteroatoms. The topological polar surface area (TPSA) is 9.23 Å². The largest absolute Gasteiger partial charge is 0.374 e. The van der Waals surface area contributed by atoms with Crippen LogP contribution in [0.25, 0.3) is 0 Å². The van der Waals surface area contributed by atoms with Crippen LogP contribution >= 0.6 is 0 Å². The Labute approximate surface area is 138 Å². The van der Waals surface area contributed by atoms with Gasteiger partial charge in [0.2, 0.25) is 0 Å². The highest BCUT2D eigenvalue weighted by Crippen LogP contribution is 2.36. The molecule has 22 heavy (non-hydrogen) atoms. The average molecular weight is 305 g/mol. The molecule has 2 aliphatic carbocycles. The van der Waals surface area contributed by atoms with Gasteiger partial charge in [0.25, 0.3) is 0 Å². The quantitative estimate of drug-likeness (QED) is 0.478. The first-order valence-corrected chi connectivity index (χ1v) is 9.71. The highest BCUT2D eigenvalue weighted by atomic mass is 16.5. The Balaban J connectivity index is 1.56. The van der Waals surface area contributed by atoms with Gasteiger partial charge in [-0.25, -0.2) is 0 Å². The van der Waals surface area contributed by atoms with E-state index in [2.05, 4.69) is 25.7 Å². The van der Waals surface area contributed by atoms with Crippen molar-refractivity contribution in [3.8, 4) is 0 Å². The van der Waals surface area contributed by atoms with Crippen LogP contribution in [0.5, 0.6) is 0 Å². The highest BCUT2D eigenvalue weighted by Gasteiger charge is 2.24. The lowest BCUT2D eigenvalue weighted by atomic mass is 9.77. The molecule has 2 rings (SSSR count). The van der Waals surface area contributed by atoms with E-state index < -0.39 is 0 Å². The third-order valence-electron chi connectivity index (χ3n) is 5.76. The van der Waals surface area contributed by atoms with Gasteiger partial charge in [-0.2, -0.15) is 0 Å². The summed E-state index contributed by atoms with van der Waals surface area (Å²) in [6, 6.07) is 0. The lowest BCUT2D eigenvalue weighted by Gasteiger charge is -2.31. The van der Waals surface area contributed by atoms with Crippen molar-refractivity contribution in [2.75, 3.05) is 6.61 Å². The Morgan fingerprint density at radius 2 is 1.50 bits per heavy atom. The van der Waals surface area contributed by atoms with Crippen molar-refractivity contribution < 1.29 is 4.74 Å². The molecule has 0 N–H and O–H groups in total. The molecule has 0 aromatic heterocycles. The summed E-state index contributed by atoms with van der Waals surface area (Å²) in [5, 5.41) is 0. The lowest BCUT2D eigenvalue weighted by molar-refractivity contribution is 0.0327. The summed E-state index contributed by atoms with van der Waals surface area (Å²) in [5.74, 6) is 2.87. The number of rotatable bonds is 8. The van der Waals surface area contributed by atoms with Crippen molar-refractivity contribution in [2.45, 2.75) is 83.7 Å². The van der Waals surface area contributed by atoms with Gasteiger partial charge in [-0.3, -0.25) is 0 Å². The number of ether oxygens (including phenoxy) is 1. The SMILES string of the molecule is C=CCOC1CCC(CCC2CCC(/C=C/CC)CC2)CC1. The van der Waals surface area contributed by atoms with Crippen LogP contribution in [0.1, 0.15) is 77.6 Å². The van der Waals surface area contributed by atoms with Gasteiger partial charge >= 0.3 is 0 Å². The lowest BCUT2D eigenvalue weighted by Crippen LogP contribution is -2.22. The van der Waals surface area contributed by atoms with Crippen LogP contribution in [0.15, 0.2) is 24.8 Å². The van der Waals surface area contributed by atoms with Crippen LogP contribution in [0.4, 0.5) is 0 Å². The van der Waals surface area contributed by atoms with Crippen LogP contribution in [0.3, 0.4) is 0 Å². The molecule has 0 heterocycles. The smallest absolute Gasteiger partial charge is 0.0648 e. The van der Waals surface area contributed by atoms with Crippen LogP contribution in [-0.2, 0) is 4.74 Å². The molecule has 0 radical (unpaired) electrons. The van der Waals surface area contributed by atoms with Crippen molar-refractivity contribution in [3.05, 3.63) is 24.8 Å². The summed E-state index contributed by atoms with van der Waals surface area (Å²) in [7, 11) is 0. The first kappa shape index (κ1) is 17.8. The van der Waals surface area contributed by atoms with Crippen molar-refractivity contribution >= 4 is 0 Å². The fourth-order valence-corrected chi connectivity index (χ4v) is 4.26. The van der Waals surface area contributed by atoms with Crippen LogP contribution in [0, 0.1) is 17.8 Å². The normalized spacial score (nSPS) is 33.1. The Morgan fingerprint density at radius 3 is 2.05 bits per heavy atom. The molecule has 0 aromatic carbocycles. The monoisotopic (exact) mass is 304 g/mol. The van der Waals surface area contributed by atoms with Gasteiger partial charge in [-0.15, -0.1) is 6.58 Å². The molecule has 0 unspecified atom stereocenters. The van der Waals surface area contributed by atoms with Crippen molar-refractivity contribution in [1.82, 2.24) is 0 Å². The molecule has 0 bridgehead atoms. The van der Waals surface area contributed by atoms with Gasteiger partial charge in [-0.05, 0) is 75.5 Å². The van der Waals surface area contributed by atoms with E-state index in [1.165, 1.54) is 70.6 Å². The second-order valence-corrected chi connectivity index (χ2v) is 7.46. The van der Waals surface area contributed by atoms with E-state index in [4.69, 9.17) is 4.74 Å². The molecule has 2 saturated carbocycles. The van der Waals surface area contributed by atoms with E-state index in [1.807, 2.05) is 6.08 Å². The molecule has 1 nitrogen and oxygen atoms in total. The van der Waals surface area contributed by atoms with E-state index in [-0.39, 0.29) is 0 Å². The first-order valence-electron chi connectivity index (χ1n) is 9.71. The molecule has 0 saturated heterocycles. The van der Waals surface area contributed by atoms with Crippen LogP contribution < -0.4 is 0 Å². The van der Waals surface area contributed by atoms with E-state index in [0.717, 1.165) is 24.4 Å². The van der Waals surface area contributed by atoms with Gasteiger partial charge < -0.3 is 4.74 Å². The Morgan fingerprint density at radius 1 is 0.909 bits per heavy atom. The zero-order valence-electron chi connectivity index (χ0n) is 14.6. The molecule has 126 valence electrons. The van der Waals surface area contributed by atoms with Crippen molar-refractivity contribution in [2.24, 2.45) is 17.8 Å². The van der Waals surface area contributed by atoms with Crippen LogP contribution in [-0.4, -0.2) is 12.7 Å². The number of hydrogen-bond acceptors (Lipinski definition) is 1. The van der Waals surface area contributed by atoms with E-state index in [9.17, 15) is 0 Å². The first-order chi connectivity index (χ1) is 10.8. The zero-order chi connectivity index (χ0) is 15.6. The summed E-state index contributed by atoms with van der Waals surface area (Å²) in [6.07, 6.45) is 22.5. The molecular weight excluding hydrogens is 268 g/mol. The van der Waals surface area contributed by atoms with Gasteiger partial charge in [0.1, 0.15) is 0 Å². The minimum absolute atomic E-state index is 0.509. The fraction of sp³-hybridized carbons (Fsp3) is 0.810. The fourth-order valence-electron chi connectivity index (χ4n) is 4.26. The highest BCUT2D eigenvalue weighted by molar-refractivity contribution is 4.90. The van der Waals surface area contributed by atoms with Gasteiger partial charge in [0, 0.05) is 0 Å². The van der Waals surface area contributed by atoms with Crippen molar-refractivity contribution in [1.29, 1.82) is 0 Å². The molecule has 0 atom stereocenters. The summed E-state index contributed by atoms with van der Waals surface area (Å²) in [6.45, 7) is 6.70. The zero-order valence-corrected chi connectivity index (χ0v) is 14.6. The molecule has 2 fully saturated rings.